The van der Waals surface area contributed by atoms with Gasteiger partial charge in [0.1, 0.15) is 11.6 Å². The fourth-order valence-electron chi connectivity index (χ4n) is 1.95. The molecule has 128 valence electrons. The van der Waals surface area contributed by atoms with Crippen LogP contribution >= 0.6 is 0 Å². The van der Waals surface area contributed by atoms with Gasteiger partial charge >= 0.3 is 0 Å². The summed E-state index contributed by atoms with van der Waals surface area (Å²) in [5.74, 6) is -2.37. The Morgan fingerprint density at radius 1 is 1.24 bits per heavy atom. The zero-order valence-corrected chi connectivity index (χ0v) is 13.1. The third-order valence-electron chi connectivity index (χ3n) is 3.11. The fourth-order valence-corrected chi connectivity index (χ4v) is 3.30. The Morgan fingerprint density at radius 3 is 2.60 bits per heavy atom. The van der Waals surface area contributed by atoms with E-state index in [1.54, 1.807) is 0 Å². The predicted octanol–water partition coefficient (Wildman–Crippen LogP) is 1.55. The number of nitrogens with zero attached hydrogens (tertiary/aromatic N) is 3. The van der Waals surface area contributed by atoms with Crippen LogP contribution in [0, 0.1) is 5.82 Å². The highest BCUT2D eigenvalue weighted by atomic mass is 32.2. The van der Waals surface area contributed by atoms with Crippen molar-refractivity contribution in [3.63, 3.8) is 0 Å². The molecule has 11 heteroatoms. The van der Waals surface area contributed by atoms with E-state index in [2.05, 4.69) is 20.6 Å². The van der Waals surface area contributed by atoms with Crippen molar-refractivity contribution in [2.45, 2.75) is 9.99 Å². The first-order valence-electron chi connectivity index (χ1n) is 6.66. The first kappa shape index (κ1) is 16.5. The van der Waals surface area contributed by atoms with Crippen molar-refractivity contribution in [2.75, 3.05) is 0 Å². The third-order valence-corrected chi connectivity index (χ3v) is 4.80. The smallest absolute Gasteiger partial charge is 0.244 e. The van der Waals surface area contributed by atoms with Crippen LogP contribution in [0.25, 0.3) is 5.76 Å². The van der Waals surface area contributed by atoms with Crippen molar-refractivity contribution in [3.8, 4) is 0 Å². The maximum atomic E-state index is 13.0. The van der Waals surface area contributed by atoms with E-state index in [-0.39, 0.29) is 16.3 Å². The van der Waals surface area contributed by atoms with Crippen molar-refractivity contribution in [3.05, 3.63) is 59.9 Å². The van der Waals surface area contributed by atoms with Crippen LogP contribution in [0.2, 0.25) is 0 Å². The molecule has 9 nitrogen and oxygen atoms in total. The summed E-state index contributed by atoms with van der Waals surface area (Å²) in [6.45, 7) is 0. The summed E-state index contributed by atoms with van der Waals surface area (Å²) in [5, 5.41) is 21.7. The van der Waals surface area contributed by atoms with E-state index in [9.17, 15) is 22.7 Å². The molecule has 0 unspecified atom stereocenters. The SMILES string of the molecule is O=C(C=C(O)c1ccoc1S(=O)(=O)c1ccc(F)cc1)c1nn[nH]n1. The molecule has 0 amide bonds. The fraction of sp³-hybridized carbons (Fsp3) is 0. The van der Waals surface area contributed by atoms with Crippen LogP contribution in [0.4, 0.5) is 4.39 Å². The summed E-state index contributed by atoms with van der Waals surface area (Å²) < 4.78 is 43.1. The number of aliphatic hydroxyl groups excluding tert-OH is 1. The molecule has 2 N–H and O–H groups in total. The van der Waals surface area contributed by atoms with E-state index in [0.717, 1.165) is 36.6 Å². The summed E-state index contributed by atoms with van der Waals surface area (Å²) in [4.78, 5) is 11.6. The quantitative estimate of drug-likeness (QED) is 0.301. The van der Waals surface area contributed by atoms with E-state index in [4.69, 9.17) is 4.42 Å². The molecule has 0 saturated heterocycles. The van der Waals surface area contributed by atoms with Crippen LogP contribution in [0.5, 0.6) is 0 Å². The van der Waals surface area contributed by atoms with Gasteiger partial charge in [0.2, 0.25) is 26.5 Å². The molecule has 2 aromatic heterocycles. The van der Waals surface area contributed by atoms with Gasteiger partial charge in [0.25, 0.3) is 0 Å². The number of rotatable bonds is 5. The lowest BCUT2D eigenvalue weighted by atomic mass is 10.2. The molecule has 0 radical (unpaired) electrons. The van der Waals surface area contributed by atoms with Crippen LogP contribution in [-0.4, -0.2) is 39.9 Å². The number of aliphatic hydroxyl groups is 1. The number of H-pyrrole nitrogens is 1. The van der Waals surface area contributed by atoms with Gasteiger partial charge in [0.05, 0.1) is 16.7 Å². The molecule has 25 heavy (non-hydrogen) atoms. The maximum Gasteiger partial charge on any atom is 0.244 e. The molecule has 0 saturated carbocycles. The Labute approximate surface area is 139 Å². The van der Waals surface area contributed by atoms with Crippen molar-refractivity contribution < 1.29 is 27.1 Å². The van der Waals surface area contributed by atoms with Gasteiger partial charge < -0.3 is 9.52 Å². The summed E-state index contributed by atoms with van der Waals surface area (Å²) >= 11 is 0. The van der Waals surface area contributed by atoms with Gasteiger partial charge in [0, 0.05) is 6.08 Å². The second kappa shape index (κ2) is 6.28. The van der Waals surface area contributed by atoms with Crippen molar-refractivity contribution in [2.24, 2.45) is 0 Å². The Balaban J connectivity index is 2.00. The van der Waals surface area contributed by atoms with E-state index in [0.29, 0.717) is 0 Å². The highest BCUT2D eigenvalue weighted by Gasteiger charge is 2.27. The summed E-state index contributed by atoms with van der Waals surface area (Å²) in [5.41, 5.74) is -0.235. The molecule has 2 heterocycles. The number of aromatic amines is 1. The van der Waals surface area contributed by atoms with Gasteiger partial charge in [-0.1, -0.05) is 0 Å². The molecule has 0 aliphatic heterocycles. The number of allylic oxidation sites excluding steroid dienone is 1. The predicted molar refractivity (Wildman–Crippen MR) is 79.7 cm³/mol. The third kappa shape index (κ3) is 3.17. The summed E-state index contributed by atoms with van der Waals surface area (Å²) in [7, 11) is -4.17. The van der Waals surface area contributed by atoms with Gasteiger partial charge in [0.15, 0.2) is 0 Å². The van der Waals surface area contributed by atoms with Gasteiger partial charge in [-0.2, -0.15) is 5.21 Å². The minimum Gasteiger partial charge on any atom is -0.507 e. The number of furan rings is 1. The standard InChI is InChI=1S/C14H9FN4O5S/c15-8-1-3-9(4-2-8)25(22,23)14-10(5-6-24-14)11(20)7-12(21)13-16-18-19-17-13/h1-7,20H,(H,16,17,18,19). The topological polar surface area (TPSA) is 139 Å². The molecule has 0 aliphatic rings. The first-order valence-corrected chi connectivity index (χ1v) is 8.15. The normalized spacial score (nSPS) is 12.3. The first-order chi connectivity index (χ1) is 11.9. The van der Waals surface area contributed by atoms with Crippen molar-refractivity contribution >= 4 is 21.4 Å². The molecule has 0 fully saturated rings. The Kier molecular flexibility index (Phi) is 4.15. The van der Waals surface area contributed by atoms with Crippen LogP contribution in [0.1, 0.15) is 16.2 Å². The number of carbonyl (C=O) groups excluding carboxylic acids is 1. The second-order valence-electron chi connectivity index (χ2n) is 4.71. The van der Waals surface area contributed by atoms with E-state index in [1.165, 1.54) is 6.07 Å². The van der Waals surface area contributed by atoms with E-state index >= 15 is 0 Å². The molecule has 0 spiro atoms. The summed E-state index contributed by atoms with van der Waals surface area (Å²) in [6, 6.07) is 5.24. The molecular formula is C14H9FN4O5S. The summed E-state index contributed by atoms with van der Waals surface area (Å²) in [6.07, 6.45) is 1.77. The minimum atomic E-state index is -4.17. The van der Waals surface area contributed by atoms with Crippen LogP contribution in [0.15, 0.2) is 57.1 Å². The number of benzene rings is 1. The van der Waals surface area contributed by atoms with Gasteiger partial charge in [-0.3, -0.25) is 4.79 Å². The molecule has 0 bridgehead atoms. The number of carbonyl (C=O) groups is 1. The van der Waals surface area contributed by atoms with Crippen LogP contribution in [0.3, 0.4) is 0 Å². The molecule has 1 aromatic carbocycles. The van der Waals surface area contributed by atoms with Crippen molar-refractivity contribution in [1.29, 1.82) is 0 Å². The van der Waals surface area contributed by atoms with Crippen LogP contribution in [-0.2, 0) is 9.84 Å². The number of aromatic nitrogens is 4. The second-order valence-corrected chi connectivity index (χ2v) is 6.56. The highest BCUT2D eigenvalue weighted by Crippen LogP contribution is 2.29. The van der Waals surface area contributed by atoms with E-state index in [1.807, 2.05) is 0 Å². The lowest BCUT2D eigenvalue weighted by Gasteiger charge is -2.04. The Morgan fingerprint density at radius 2 is 1.96 bits per heavy atom. The number of sulfone groups is 1. The number of hydrogen-bond donors (Lipinski definition) is 2. The zero-order valence-electron chi connectivity index (χ0n) is 12.2. The minimum absolute atomic E-state index is 0.234. The van der Waals surface area contributed by atoms with Gasteiger partial charge in [-0.05, 0) is 35.5 Å². The number of nitrogens with one attached hydrogen (secondary N) is 1. The molecule has 0 aliphatic carbocycles. The largest absolute Gasteiger partial charge is 0.507 e. The zero-order chi connectivity index (χ0) is 18.0. The van der Waals surface area contributed by atoms with E-state index < -0.39 is 32.3 Å². The van der Waals surface area contributed by atoms with Crippen LogP contribution < -0.4 is 0 Å². The monoisotopic (exact) mass is 364 g/mol. The van der Waals surface area contributed by atoms with Gasteiger partial charge in [-0.15, -0.1) is 10.2 Å². The maximum absolute atomic E-state index is 13.0. The number of hydrogen-bond acceptors (Lipinski definition) is 8. The average Bonchev–Trinajstić information content (AvgIpc) is 3.27. The van der Waals surface area contributed by atoms with Crippen molar-refractivity contribution in [1.82, 2.24) is 20.6 Å². The molecule has 0 atom stereocenters. The average molecular weight is 364 g/mol. The number of tetrazole rings is 1. The number of halogens is 1. The lowest BCUT2D eigenvalue weighted by molar-refractivity contribution is 0.103. The highest BCUT2D eigenvalue weighted by molar-refractivity contribution is 7.91. The Hall–Kier alpha value is -3.34. The number of ketones is 1. The molecule has 3 aromatic rings. The molecule has 3 rings (SSSR count). The Bertz CT molecular complexity index is 1040. The molecular weight excluding hydrogens is 355 g/mol. The van der Waals surface area contributed by atoms with Gasteiger partial charge in [-0.25, -0.2) is 12.8 Å². The lowest BCUT2D eigenvalue weighted by Crippen LogP contribution is -2.05.